The van der Waals surface area contributed by atoms with Gasteiger partial charge in [-0.25, -0.2) is 0 Å². The second-order valence-corrected chi connectivity index (χ2v) is 7.31. The molecule has 7 heteroatoms. The van der Waals surface area contributed by atoms with E-state index in [2.05, 4.69) is 16.6 Å². The molecule has 24 heavy (non-hydrogen) atoms. The molecule has 132 valence electrons. The van der Waals surface area contributed by atoms with Crippen molar-refractivity contribution < 1.29 is 14.2 Å². The smallest absolute Gasteiger partial charge is 0.193 e. The van der Waals surface area contributed by atoms with Crippen LogP contribution in [0.3, 0.4) is 0 Å². The molecule has 1 saturated heterocycles. The number of fused-ring (bicyclic) bond motifs is 1. The third-order valence-corrected chi connectivity index (χ3v) is 5.80. The van der Waals surface area contributed by atoms with Gasteiger partial charge in [0, 0.05) is 36.1 Å². The van der Waals surface area contributed by atoms with Crippen LogP contribution in [0, 0.1) is 0 Å². The van der Waals surface area contributed by atoms with E-state index in [0.29, 0.717) is 25.7 Å². The Kier molecular flexibility index (Phi) is 5.73. The molecule has 0 radical (unpaired) electrons. The first-order chi connectivity index (χ1) is 11.7. The van der Waals surface area contributed by atoms with Crippen molar-refractivity contribution >= 4 is 23.4 Å². The lowest BCUT2D eigenvalue weighted by Gasteiger charge is -2.34. The predicted octanol–water partition coefficient (Wildman–Crippen LogP) is 2.49. The van der Waals surface area contributed by atoms with Crippen molar-refractivity contribution in [2.45, 2.75) is 24.0 Å². The molecule has 1 fully saturated rings. The van der Waals surface area contributed by atoms with Crippen LogP contribution in [0.15, 0.2) is 23.2 Å². The van der Waals surface area contributed by atoms with Crippen LogP contribution in [0.25, 0.3) is 0 Å². The highest BCUT2D eigenvalue weighted by Crippen LogP contribution is 2.34. The van der Waals surface area contributed by atoms with E-state index in [9.17, 15) is 0 Å². The van der Waals surface area contributed by atoms with E-state index in [1.807, 2.05) is 30.0 Å². The average molecular weight is 351 g/mol. The minimum Gasteiger partial charge on any atom is -0.490 e. The third-order valence-electron chi connectivity index (χ3n) is 4.39. The monoisotopic (exact) mass is 351 g/mol. The maximum absolute atomic E-state index is 6.07. The summed E-state index contributed by atoms with van der Waals surface area (Å²) in [6.07, 6.45) is 5.04. The van der Waals surface area contributed by atoms with E-state index in [1.54, 1.807) is 0 Å². The zero-order chi connectivity index (χ0) is 16.8. The lowest BCUT2D eigenvalue weighted by Crippen LogP contribution is -2.37. The summed E-state index contributed by atoms with van der Waals surface area (Å²) in [6, 6.07) is 5.73. The van der Waals surface area contributed by atoms with Gasteiger partial charge in [0.2, 0.25) is 0 Å². The molecule has 3 rings (SSSR count). The number of benzene rings is 1. The Balaban J connectivity index is 1.63. The Hall–Kier alpha value is -1.60. The van der Waals surface area contributed by atoms with Crippen LogP contribution >= 0.6 is 11.8 Å². The fourth-order valence-electron chi connectivity index (χ4n) is 2.83. The van der Waals surface area contributed by atoms with Gasteiger partial charge in [-0.15, -0.1) is 0 Å². The normalized spacial score (nSPS) is 20.3. The number of anilines is 1. The Labute approximate surface area is 147 Å². The predicted molar refractivity (Wildman–Crippen MR) is 98.5 cm³/mol. The molecule has 2 aliphatic rings. The summed E-state index contributed by atoms with van der Waals surface area (Å²) in [5.41, 5.74) is 6.92. The lowest BCUT2D eigenvalue weighted by atomic mass is 9.99. The number of aliphatic imine (C=N–C) groups is 1. The molecule has 0 bridgehead atoms. The molecule has 0 atom stereocenters. The zero-order valence-electron chi connectivity index (χ0n) is 14.0. The average Bonchev–Trinajstić information content (AvgIpc) is 2.86. The topological polar surface area (TPSA) is 78.1 Å². The molecule has 2 aliphatic heterocycles. The van der Waals surface area contributed by atoms with Crippen LogP contribution in [0.1, 0.15) is 19.3 Å². The van der Waals surface area contributed by atoms with Gasteiger partial charge in [-0.1, -0.05) is 0 Å². The highest BCUT2D eigenvalue weighted by molar-refractivity contribution is 8.00. The highest BCUT2D eigenvalue weighted by atomic mass is 32.2. The van der Waals surface area contributed by atoms with Crippen LogP contribution in [0.5, 0.6) is 11.5 Å². The summed E-state index contributed by atoms with van der Waals surface area (Å²) >= 11 is 1.86. The van der Waals surface area contributed by atoms with Gasteiger partial charge < -0.3 is 25.3 Å². The van der Waals surface area contributed by atoms with E-state index in [-0.39, 0.29) is 4.75 Å². The maximum Gasteiger partial charge on any atom is 0.193 e. The van der Waals surface area contributed by atoms with Crippen LogP contribution in [0.2, 0.25) is 0 Å². The molecule has 3 N–H and O–H groups in total. The summed E-state index contributed by atoms with van der Waals surface area (Å²) in [7, 11) is 0. The standard InChI is InChI=1S/C17H25N3O3S/c1-24-17(5-9-21-10-6-17)12-19-16(18)20-13-3-4-14-15(11-13)23-8-2-7-22-14/h3-4,11H,2,5-10,12H2,1H3,(H3,18,19,20). The molecule has 0 aliphatic carbocycles. The van der Waals surface area contributed by atoms with Crippen molar-refractivity contribution in [2.24, 2.45) is 10.7 Å². The van der Waals surface area contributed by atoms with Crippen LogP contribution in [-0.2, 0) is 4.74 Å². The SMILES string of the molecule is CSC1(CN=C(N)Nc2ccc3c(c2)OCCCO3)CCOCC1. The van der Waals surface area contributed by atoms with E-state index >= 15 is 0 Å². The van der Waals surface area contributed by atoms with Crippen molar-refractivity contribution in [1.82, 2.24) is 0 Å². The Morgan fingerprint density at radius 1 is 1.21 bits per heavy atom. The lowest BCUT2D eigenvalue weighted by molar-refractivity contribution is 0.0794. The number of nitrogens with one attached hydrogen (secondary N) is 1. The van der Waals surface area contributed by atoms with Gasteiger partial charge >= 0.3 is 0 Å². The molecule has 0 aromatic heterocycles. The number of nitrogens with zero attached hydrogens (tertiary/aromatic N) is 1. The van der Waals surface area contributed by atoms with Crippen LogP contribution in [-0.4, -0.2) is 49.9 Å². The summed E-state index contributed by atoms with van der Waals surface area (Å²) in [6.45, 7) is 3.64. The first-order valence-electron chi connectivity index (χ1n) is 8.30. The summed E-state index contributed by atoms with van der Waals surface area (Å²) in [5.74, 6) is 1.94. The fourth-order valence-corrected chi connectivity index (χ4v) is 3.60. The van der Waals surface area contributed by atoms with Crippen molar-refractivity contribution in [3.05, 3.63) is 18.2 Å². The van der Waals surface area contributed by atoms with Gasteiger partial charge in [0.05, 0.1) is 19.8 Å². The van der Waals surface area contributed by atoms with E-state index in [4.69, 9.17) is 19.9 Å². The third kappa shape index (κ3) is 4.27. The highest BCUT2D eigenvalue weighted by Gasteiger charge is 2.31. The largest absolute Gasteiger partial charge is 0.490 e. The number of rotatable bonds is 4. The van der Waals surface area contributed by atoms with E-state index < -0.39 is 0 Å². The molecule has 0 unspecified atom stereocenters. The van der Waals surface area contributed by atoms with Gasteiger partial charge in [0.1, 0.15) is 0 Å². The number of hydrogen-bond donors (Lipinski definition) is 2. The molecule has 1 aromatic carbocycles. The molecule has 6 nitrogen and oxygen atoms in total. The fraction of sp³-hybridized carbons (Fsp3) is 0.588. The van der Waals surface area contributed by atoms with Crippen molar-refractivity contribution in [3.63, 3.8) is 0 Å². The van der Waals surface area contributed by atoms with Crippen molar-refractivity contribution in [1.29, 1.82) is 0 Å². The minimum atomic E-state index is 0.134. The van der Waals surface area contributed by atoms with E-state index in [0.717, 1.165) is 49.7 Å². The van der Waals surface area contributed by atoms with Gasteiger partial charge in [0.25, 0.3) is 0 Å². The summed E-state index contributed by atoms with van der Waals surface area (Å²) in [5, 5.41) is 3.15. The molecule has 1 aromatic rings. The van der Waals surface area contributed by atoms with Crippen LogP contribution < -0.4 is 20.5 Å². The first kappa shape index (κ1) is 17.2. The van der Waals surface area contributed by atoms with Gasteiger partial charge in [-0.3, -0.25) is 4.99 Å². The second-order valence-electron chi connectivity index (χ2n) is 6.04. The maximum atomic E-state index is 6.07. The van der Waals surface area contributed by atoms with Gasteiger partial charge in [-0.05, 0) is 31.2 Å². The first-order valence-corrected chi connectivity index (χ1v) is 9.53. The van der Waals surface area contributed by atoms with Crippen molar-refractivity contribution in [2.75, 3.05) is 44.5 Å². The summed E-state index contributed by atoms with van der Waals surface area (Å²) < 4.78 is 16.9. The Morgan fingerprint density at radius 3 is 2.71 bits per heavy atom. The minimum absolute atomic E-state index is 0.134. The molecular weight excluding hydrogens is 326 g/mol. The molecular formula is C17H25N3O3S. The number of thioether (sulfide) groups is 1. The second kappa shape index (κ2) is 7.98. The van der Waals surface area contributed by atoms with Gasteiger partial charge in [-0.2, -0.15) is 11.8 Å². The number of nitrogens with two attached hydrogens (primary N) is 1. The van der Waals surface area contributed by atoms with Gasteiger partial charge in [0.15, 0.2) is 17.5 Å². The van der Waals surface area contributed by atoms with Crippen molar-refractivity contribution in [3.8, 4) is 11.5 Å². The Bertz CT molecular complexity index is 588. The molecule has 0 amide bonds. The van der Waals surface area contributed by atoms with E-state index in [1.165, 1.54) is 0 Å². The number of ether oxygens (including phenoxy) is 3. The quantitative estimate of drug-likeness (QED) is 0.641. The molecule has 0 saturated carbocycles. The molecule has 2 heterocycles. The van der Waals surface area contributed by atoms with Crippen LogP contribution in [0.4, 0.5) is 5.69 Å². The summed E-state index contributed by atoms with van der Waals surface area (Å²) in [4.78, 5) is 4.55. The zero-order valence-corrected chi connectivity index (χ0v) is 14.9. The number of guanidine groups is 1. The Morgan fingerprint density at radius 2 is 1.96 bits per heavy atom. The number of hydrogen-bond acceptors (Lipinski definition) is 5. The molecule has 0 spiro atoms.